The third-order valence-corrected chi connectivity index (χ3v) is 8.87. The number of aliphatic hydroxyl groups excluding tert-OH is 1. The van der Waals surface area contributed by atoms with E-state index in [1.807, 2.05) is 61.5 Å². The monoisotopic (exact) mass is 678 g/mol. The van der Waals surface area contributed by atoms with E-state index in [1.165, 1.54) is 16.2 Å². The van der Waals surface area contributed by atoms with Crippen molar-refractivity contribution in [2.75, 3.05) is 6.54 Å². The van der Waals surface area contributed by atoms with Gasteiger partial charge in [0.2, 0.25) is 11.8 Å². The Kier molecular flexibility index (Phi) is 11.6. The second-order valence-electron chi connectivity index (χ2n) is 14.1. The lowest BCUT2D eigenvalue weighted by molar-refractivity contribution is -0.146. The average molecular weight is 679 g/mol. The molecule has 0 aliphatic carbocycles. The third-order valence-electron chi connectivity index (χ3n) is 7.89. The van der Waals surface area contributed by atoms with E-state index in [2.05, 4.69) is 15.6 Å². The number of esters is 1. The van der Waals surface area contributed by atoms with E-state index < -0.39 is 59.1 Å². The Hall–Kier alpha value is -4.29. The molecule has 2 aromatic carbocycles. The van der Waals surface area contributed by atoms with Gasteiger partial charge in [0.25, 0.3) is 0 Å². The molecule has 258 valence electrons. The number of ether oxygens (including phenoxy) is 2. The Labute approximate surface area is 286 Å². The van der Waals surface area contributed by atoms with Gasteiger partial charge in [-0.1, -0.05) is 75.4 Å². The molecule has 12 heteroatoms. The molecular weight excluding hydrogens is 632 g/mol. The summed E-state index contributed by atoms with van der Waals surface area (Å²) < 4.78 is 10.9. The third kappa shape index (κ3) is 9.86. The number of aromatic nitrogens is 1. The zero-order valence-electron chi connectivity index (χ0n) is 28.6. The Morgan fingerprint density at radius 3 is 2.25 bits per heavy atom. The minimum absolute atomic E-state index is 0.00433. The summed E-state index contributed by atoms with van der Waals surface area (Å²) >= 11 is 1.52. The molecule has 3 amide bonds. The van der Waals surface area contributed by atoms with Crippen LogP contribution in [0.3, 0.4) is 0 Å². The number of nitrogens with zero attached hydrogens (tertiary/aromatic N) is 2. The lowest BCUT2D eigenvalue weighted by Gasteiger charge is -2.36. The van der Waals surface area contributed by atoms with Crippen molar-refractivity contribution in [2.45, 2.75) is 97.7 Å². The fourth-order valence-electron chi connectivity index (χ4n) is 5.48. The number of nitrogens with one attached hydrogen (secondary N) is 2. The molecule has 1 fully saturated rings. The molecule has 4 atom stereocenters. The first-order chi connectivity index (χ1) is 22.5. The molecule has 0 radical (unpaired) electrons. The Bertz CT molecular complexity index is 1580. The number of β-amino-alcohol motifs (C(OH)–C–C–N with tert-alkyl or cyclic N) is 1. The standard InChI is InChI=1S/C36H46N4O7S/c1-22-30(48-21-37-22)25-15-13-24(14-16-25)27(18-29(42)46-20-23-11-9-8-10-12-23)38-32(43)28-17-26(41)19-40(28)33(44)31(35(2,3)4)39-34(45)47-36(5,6)7/h8-16,21,26-28,31,41H,17-20H2,1-7H3,(H,38,43)(H,39,45)/t26-,27+,28+,31-/m1/s1. The van der Waals surface area contributed by atoms with Crippen molar-refractivity contribution in [3.63, 3.8) is 0 Å². The maximum absolute atomic E-state index is 14.0. The van der Waals surface area contributed by atoms with E-state index in [0.29, 0.717) is 5.56 Å². The molecular formula is C36H46N4O7S. The van der Waals surface area contributed by atoms with Crippen molar-refractivity contribution in [1.29, 1.82) is 0 Å². The number of thiazole rings is 1. The van der Waals surface area contributed by atoms with Crippen LogP contribution in [-0.2, 0) is 30.5 Å². The lowest BCUT2D eigenvalue weighted by atomic mass is 9.85. The zero-order chi connectivity index (χ0) is 35.2. The van der Waals surface area contributed by atoms with E-state index >= 15 is 0 Å². The number of carbonyl (C=O) groups excluding carboxylic acids is 4. The van der Waals surface area contributed by atoms with E-state index in [4.69, 9.17) is 9.47 Å². The number of benzene rings is 2. The van der Waals surface area contributed by atoms with Gasteiger partial charge in [0.15, 0.2) is 0 Å². The van der Waals surface area contributed by atoms with Gasteiger partial charge in [-0.3, -0.25) is 14.4 Å². The first kappa shape index (κ1) is 36.5. The number of alkyl carbamates (subject to hydrolysis) is 1. The van der Waals surface area contributed by atoms with E-state index in [0.717, 1.165) is 21.7 Å². The molecule has 4 rings (SSSR count). The van der Waals surface area contributed by atoms with Crippen LogP contribution in [0, 0.1) is 12.3 Å². The topological polar surface area (TPSA) is 147 Å². The average Bonchev–Trinajstić information content (AvgIpc) is 3.62. The van der Waals surface area contributed by atoms with Gasteiger partial charge in [0.05, 0.1) is 34.6 Å². The molecule has 1 aromatic heterocycles. The molecule has 1 aliphatic heterocycles. The van der Waals surface area contributed by atoms with Crippen LogP contribution < -0.4 is 10.6 Å². The van der Waals surface area contributed by atoms with E-state index in [1.54, 1.807) is 47.1 Å². The number of likely N-dealkylation sites (tertiary alicyclic amines) is 1. The summed E-state index contributed by atoms with van der Waals surface area (Å²) in [6.07, 6.45) is -1.88. The van der Waals surface area contributed by atoms with Crippen LogP contribution in [0.25, 0.3) is 10.4 Å². The van der Waals surface area contributed by atoms with Crippen molar-refractivity contribution in [2.24, 2.45) is 5.41 Å². The summed E-state index contributed by atoms with van der Waals surface area (Å²) in [6, 6.07) is 13.9. The summed E-state index contributed by atoms with van der Waals surface area (Å²) in [5.41, 5.74) is 3.61. The molecule has 3 N–H and O–H groups in total. The summed E-state index contributed by atoms with van der Waals surface area (Å²) in [6.45, 7) is 12.5. The van der Waals surface area contributed by atoms with Gasteiger partial charge in [-0.2, -0.15) is 0 Å². The summed E-state index contributed by atoms with van der Waals surface area (Å²) in [7, 11) is 0. The Morgan fingerprint density at radius 1 is 1.00 bits per heavy atom. The number of aryl methyl sites for hydroxylation is 1. The maximum Gasteiger partial charge on any atom is 0.408 e. The Balaban J connectivity index is 1.55. The number of amides is 3. The fraction of sp³-hybridized carbons (Fsp3) is 0.472. The molecule has 3 aromatic rings. The zero-order valence-corrected chi connectivity index (χ0v) is 29.4. The molecule has 0 spiro atoms. The highest BCUT2D eigenvalue weighted by atomic mass is 32.1. The number of hydrogen-bond acceptors (Lipinski definition) is 9. The van der Waals surface area contributed by atoms with Crippen molar-refractivity contribution < 1.29 is 33.8 Å². The van der Waals surface area contributed by atoms with E-state index in [9.17, 15) is 24.3 Å². The van der Waals surface area contributed by atoms with Crippen LogP contribution in [0.2, 0.25) is 0 Å². The SMILES string of the molecule is Cc1ncsc1-c1ccc([C@H](CC(=O)OCc2ccccc2)NC(=O)[C@@H]2C[C@@H](O)CN2C(=O)[C@@H](NC(=O)OC(C)(C)C)C(C)(C)C)cc1. The van der Waals surface area contributed by atoms with Crippen LogP contribution in [0.5, 0.6) is 0 Å². The van der Waals surface area contributed by atoms with Gasteiger partial charge in [0, 0.05) is 13.0 Å². The molecule has 48 heavy (non-hydrogen) atoms. The van der Waals surface area contributed by atoms with Gasteiger partial charge >= 0.3 is 12.1 Å². The minimum atomic E-state index is -1.04. The smallest absolute Gasteiger partial charge is 0.408 e. The van der Waals surface area contributed by atoms with Gasteiger partial charge in [-0.05, 0) is 49.8 Å². The molecule has 1 aliphatic rings. The normalized spacial score (nSPS) is 17.7. The summed E-state index contributed by atoms with van der Waals surface area (Å²) in [4.78, 5) is 60.3. The second kappa shape index (κ2) is 15.3. The van der Waals surface area contributed by atoms with Crippen molar-refractivity contribution in [1.82, 2.24) is 20.5 Å². The molecule has 0 unspecified atom stereocenters. The highest BCUT2D eigenvalue weighted by Gasteiger charge is 2.45. The summed E-state index contributed by atoms with van der Waals surface area (Å²) in [5.74, 6) is -1.57. The van der Waals surface area contributed by atoms with Gasteiger partial charge in [-0.25, -0.2) is 9.78 Å². The van der Waals surface area contributed by atoms with Crippen LogP contribution in [0.1, 0.15) is 77.2 Å². The van der Waals surface area contributed by atoms with Crippen molar-refractivity contribution in [3.8, 4) is 10.4 Å². The first-order valence-corrected chi connectivity index (χ1v) is 16.9. The lowest BCUT2D eigenvalue weighted by Crippen LogP contribution is -2.58. The second-order valence-corrected chi connectivity index (χ2v) is 15.0. The van der Waals surface area contributed by atoms with E-state index in [-0.39, 0.29) is 26.0 Å². The number of aliphatic hydroxyl groups is 1. The molecule has 1 saturated heterocycles. The van der Waals surface area contributed by atoms with Gasteiger partial charge < -0.3 is 30.1 Å². The maximum atomic E-state index is 14.0. The highest BCUT2D eigenvalue weighted by molar-refractivity contribution is 7.13. The molecule has 0 bridgehead atoms. The largest absolute Gasteiger partial charge is 0.461 e. The van der Waals surface area contributed by atoms with Crippen molar-refractivity contribution >= 4 is 35.2 Å². The quantitative estimate of drug-likeness (QED) is 0.245. The van der Waals surface area contributed by atoms with Crippen LogP contribution >= 0.6 is 11.3 Å². The van der Waals surface area contributed by atoms with Gasteiger partial charge in [0.1, 0.15) is 24.3 Å². The molecule has 2 heterocycles. The number of rotatable bonds is 10. The highest BCUT2D eigenvalue weighted by Crippen LogP contribution is 2.30. The van der Waals surface area contributed by atoms with Crippen LogP contribution in [0.4, 0.5) is 4.79 Å². The fourth-order valence-corrected chi connectivity index (χ4v) is 6.29. The minimum Gasteiger partial charge on any atom is -0.461 e. The first-order valence-electron chi connectivity index (χ1n) is 16.0. The predicted octanol–water partition coefficient (Wildman–Crippen LogP) is 5.31. The molecule has 11 nitrogen and oxygen atoms in total. The predicted molar refractivity (Wildman–Crippen MR) is 183 cm³/mol. The number of hydrogen-bond donors (Lipinski definition) is 3. The Morgan fingerprint density at radius 2 is 1.67 bits per heavy atom. The van der Waals surface area contributed by atoms with Crippen LogP contribution in [-0.4, -0.2) is 69.2 Å². The summed E-state index contributed by atoms with van der Waals surface area (Å²) in [5, 5.41) is 16.3. The van der Waals surface area contributed by atoms with Gasteiger partial charge in [-0.15, -0.1) is 11.3 Å². The molecule has 0 saturated carbocycles. The van der Waals surface area contributed by atoms with Crippen molar-refractivity contribution in [3.05, 3.63) is 76.9 Å². The number of carbonyl (C=O) groups is 4. The van der Waals surface area contributed by atoms with Crippen LogP contribution in [0.15, 0.2) is 60.1 Å².